The quantitative estimate of drug-likeness (QED) is 0.276. The third-order valence-corrected chi connectivity index (χ3v) is 6.84. The van der Waals surface area contributed by atoms with Gasteiger partial charge < -0.3 is 25.0 Å². The van der Waals surface area contributed by atoms with E-state index in [9.17, 15) is 9.59 Å². The third kappa shape index (κ3) is 6.91. The van der Waals surface area contributed by atoms with Crippen LogP contribution < -0.4 is 20.3 Å². The van der Waals surface area contributed by atoms with E-state index in [-0.39, 0.29) is 17.8 Å². The van der Waals surface area contributed by atoms with Crippen molar-refractivity contribution in [3.63, 3.8) is 0 Å². The highest BCUT2D eigenvalue weighted by Gasteiger charge is 2.27. The minimum Gasteiger partial charge on any atom is -0.490 e. The number of benzene rings is 1. The van der Waals surface area contributed by atoms with Gasteiger partial charge in [-0.3, -0.25) is 14.7 Å². The monoisotopic (exact) mass is 525 g/mol. The maximum Gasteiger partial charge on any atom is 0.305 e. The Balaban J connectivity index is 1.61. The van der Waals surface area contributed by atoms with E-state index >= 15 is 0 Å². The lowest BCUT2D eigenvalue weighted by Gasteiger charge is -2.33. The molecule has 0 saturated carbocycles. The number of amides is 1. The molecule has 3 aromatic rings. The molecule has 1 aliphatic rings. The molecule has 1 amide bonds. The van der Waals surface area contributed by atoms with Gasteiger partial charge in [0.1, 0.15) is 0 Å². The maximum atomic E-state index is 11.7. The number of piperidine rings is 1. The second-order valence-corrected chi connectivity index (χ2v) is 9.83. The largest absolute Gasteiger partial charge is 0.490 e. The van der Waals surface area contributed by atoms with Crippen LogP contribution >= 0.6 is 11.8 Å². The summed E-state index contributed by atoms with van der Waals surface area (Å²) in [5.41, 5.74) is 1.64. The van der Waals surface area contributed by atoms with Gasteiger partial charge in [0, 0.05) is 48.8 Å². The Labute approximate surface area is 219 Å². The first kappa shape index (κ1) is 26.3. The molecule has 0 atom stereocenters. The van der Waals surface area contributed by atoms with Crippen molar-refractivity contribution in [2.24, 2.45) is 5.92 Å². The summed E-state index contributed by atoms with van der Waals surface area (Å²) < 4.78 is 10.6. The number of aromatic amines is 1. The fraction of sp³-hybridized carbons (Fsp3) is 0.400. The number of methoxy groups -OCH3 is 2. The van der Waals surface area contributed by atoms with Gasteiger partial charge in [0.2, 0.25) is 11.7 Å². The molecule has 3 heterocycles. The van der Waals surface area contributed by atoms with Crippen molar-refractivity contribution in [2.45, 2.75) is 43.2 Å². The van der Waals surface area contributed by atoms with Gasteiger partial charge in [-0.2, -0.15) is 5.10 Å². The zero-order valence-electron chi connectivity index (χ0n) is 21.3. The smallest absolute Gasteiger partial charge is 0.305 e. The molecule has 0 unspecified atom stereocenters. The van der Waals surface area contributed by atoms with E-state index in [1.807, 2.05) is 37.3 Å². The average molecular weight is 526 g/mol. The van der Waals surface area contributed by atoms with Crippen LogP contribution in [0.1, 0.15) is 31.9 Å². The molecular formula is C25H31N7O4S. The molecule has 1 aliphatic heterocycles. The van der Waals surface area contributed by atoms with Gasteiger partial charge in [-0.15, -0.1) is 0 Å². The molecule has 12 heteroatoms. The number of carbonyl (C=O) groups excluding carboxylic acids is 2. The summed E-state index contributed by atoms with van der Waals surface area (Å²) in [5, 5.41) is 13.8. The molecule has 4 rings (SSSR count). The van der Waals surface area contributed by atoms with Crippen LogP contribution in [0.4, 0.5) is 23.1 Å². The predicted octanol–water partition coefficient (Wildman–Crippen LogP) is 4.15. The van der Waals surface area contributed by atoms with E-state index in [1.54, 1.807) is 7.11 Å². The van der Waals surface area contributed by atoms with E-state index in [1.165, 1.54) is 25.8 Å². The number of nitrogens with zero attached hydrogens (tertiary/aromatic N) is 4. The van der Waals surface area contributed by atoms with Crippen molar-refractivity contribution < 1.29 is 19.1 Å². The van der Waals surface area contributed by atoms with E-state index in [0.29, 0.717) is 34.8 Å². The topological polar surface area (TPSA) is 134 Å². The lowest BCUT2D eigenvalue weighted by molar-refractivity contribution is -0.141. The van der Waals surface area contributed by atoms with Crippen molar-refractivity contribution in [1.29, 1.82) is 0 Å². The Morgan fingerprint density at radius 1 is 1.16 bits per heavy atom. The van der Waals surface area contributed by atoms with Crippen LogP contribution in [-0.2, 0) is 14.3 Å². The van der Waals surface area contributed by atoms with Crippen molar-refractivity contribution in [3.05, 3.63) is 36.0 Å². The van der Waals surface area contributed by atoms with Gasteiger partial charge in [0.05, 0.1) is 14.2 Å². The second-order valence-electron chi connectivity index (χ2n) is 8.79. The Morgan fingerprint density at radius 3 is 2.49 bits per heavy atom. The molecule has 2 aromatic heterocycles. The number of ether oxygens (including phenoxy) is 2. The Morgan fingerprint density at radius 2 is 1.89 bits per heavy atom. The van der Waals surface area contributed by atoms with E-state index in [0.717, 1.165) is 42.2 Å². The van der Waals surface area contributed by atoms with Crippen LogP contribution in [0.3, 0.4) is 0 Å². The summed E-state index contributed by atoms with van der Waals surface area (Å²) in [4.78, 5) is 35.7. The highest BCUT2D eigenvalue weighted by Crippen LogP contribution is 2.39. The summed E-state index contributed by atoms with van der Waals surface area (Å²) in [6, 6.07) is 9.38. The van der Waals surface area contributed by atoms with E-state index in [2.05, 4.69) is 25.7 Å². The normalized spacial score (nSPS) is 13.8. The molecule has 3 N–H and O–H groups in total. The van der Waals surface area contributed by atoms with Crippen LogP contribution in [0.25, 0.3) is 0 Å². The maximum absolute atomic E-state index is 11.7. The molecule has 1 fully saturated rings. The van der Waals surface area contributed by atoms with Crippen molar-refractivity contribution in [3.8, 4) is 5.75 Å². The van der Waals surface area contributed by atoms with Gasteiger partial charge in [-0.1, -0.05) is 0 Å². The fourth-order valence-electron chi connectivity index (χ4n) is 4.14. The first-order chi connectivity index (χ1) is 17.8. The average Bonchev–Trinajstić information content (AvgIpc) is 3.29. The number of H-pyrrole nitrogens is 1. The highest BCUT2D eigenvalue weighted by molar-refractivity contribution is 7.99. The van der Waals surface area contributed by atoms with Crippen molar-refractivity contribution >= 4 is 46.8 Å². The predicted molar refractivity (Wildman–Crippen MR) is 142 cm³/mol. The van der Waals surface area contributed by atoms with E-state index < -0.39 is 0 Å². The van der Waals surface area contributed by atoms with Gasteiger partial charge in [-0.25, -0.2) is 9.97 Å². The van der Waals surface area contributed by atoms with Crippen molar-refractivity contribution in [2.75, 3.05) is 42.8 Å². The number of rotatable bonds is 9. The van der Waals surface area contributed by atoms with Gasteiger partial charge in [0.25, 0.3) is 0 Å². The molecule has 0 aliphatic carbocycles. The molecule has 11 nitrogen and oxygen atoms in total. The molecule has 0 radical (unpaired) electrons. The molecule has 1 saturated heterocycles. The molecule has 0 spiro atoms. The molecular weight excluding hydrogens is 494 g/mol. The van der Waals surface area contributed by atoms with Crippen LogP contribution in [-0.4, -0.2) is 59.4 Å². The zero-order valence-corrected chi connectivity index (χ0v) is 22.1. The first-order valence-electron chi connectivity index (χ1n) is 12.0. The van der Waals surface area contributed by atoms with E-state index in [4.69, 9.17) is 19.4 Å². The Hall–Kier alpha value is -3.80. The summed E-state index contributed by atoms with van der Waals surface area (Å²) in [6.07, 6.45) is 2.11. The van der Waals surface area contributed by atoms with Crippen LogP contribution in [0.5, 0.6) is 5.75 Å². The number of esters is 1. The SMILES string of the molecule is COC(=O)CC1CCN(c2nc(Sc3ccc(NC(C)=O)cc3)nc(Nc3cc(C)[nH]n3)c2OC)CC1. The lowest BCUT2D eigenvalue weighted by Crippen LogP contribution is -2.35. The number of hydrogen-bond donors (Lipinski definition) is 3. The van der Waals surface area contributed by atoms with Gasteiger partial charge >= 0.3 is 5.97 Å². The van der Waals surface area contributed by atoms with Crippen molar-refractivity contribution in [1.82, 2.24) is 20.2 Å². The summed E-state index contributed by atoms with van der Waals surface area (Å²) in [5.74, 6) is 2.31. The number of hydrogen-bond acceptors (Lipinski definition) is 10. The number of aryl methyl sites for hydroxylation is 1. The minimum absolute atomic E-state index is 0.122. The number of carbonyl (C=O) groups is 2. The zero-order chi connectivity index (χ0) is 26.4. The number of aromatic nitrogens is 4. The molecule has 0 bridgehead atoms. The standard InChI is InChI=1S/C25H31N7O4S/c1-15-13-20(31-30-15)27-23-22(36-4)24(32-11-9-17(10-12-32)14-21(34)35-3)29-25(28-23)37-19-7-5-18(6-8-19)26-16(2)33/h5-8,13,17H,9-12,14H2,1-4H3,(H,26,33)(H2,27,28,29,30,31). The van der Waals surface area contributed by atoms with Gasteiger partial charge in [0.15, 0.2) is 22.6 Å². The molecule has 1 aromatic carbocycles. The van der Waals surface area contributed by atoms with Crippen LogP contribution in [0.2, 0.25) is 0 Å². The first-order valence-corrected chi connectivity index (χ1v) is 12.8. The van der Waals surface area contributed by atoms with Crippen LogP contribution in [0.15, 0.2) is 40.4 Å². The summed E-state index contributed by atoms with van der Waals surface area (Å²) in [6.45, 7) is 4.85. The highest BCUT2D eigenvalue weighted by atomic mass is 32.2. The number of nitrogens with one attached hydrogen (secondary N) is 3. The summed E-state index contributed by atoms with van der Waals surface area (Å²) in [7, 11) is 3.02. The molecule has 196 valence electrons. The lowest BCUT2D eigenvalue weighted by atomic mass is 9.93. The fourth-order valence-corrected chi connectivity index (χ4v) is 4.89. The number of anilines is 4. The van der Waals surface area contributed by atoms with Gasteiger partial charge in [-0.05, 0) is 61.7 Å². The van der Waals surface area contributed by atoms with Crippen LogP contribution in [0, 0.1) is 12.8 Å². The summed E-state index contributed by atoms with van der Waals surface area (Å²) >= 11 is 1.41. The third-order valence-electron chi connectivity index (χ3n) is 5.96. The Kier molecular flexibility index (Phi) is 8.49. The Bertz CT molecular complexity index is 1240. The molecule has 37 heavy (non-hydrogen) atoms. The second kappa shape index (κ2) is 12.0. The minimum atomic E-state index is -0.179.